The topological polar surface area (TPSA) is 42.4 Å². The Bertz CT molecular complexity index is 483. The zero-order valence-corrected chi connectivity index (χ0v) is 9.05. The lowest BCUT2D eigenvalue weighted by atomic mass is 10.1. The Hall–Kier alpha value is -2.03. The number of nitrogens with zero attached hydrogens (tertiary/aromatic N) is 1. The van der Waals surface area contributed by atoms with Crippen molar-refractivity contribution in [1.29, 1.82) is 0 Å². The van der Waals surface area contributed by atoms with Crippen LogP contribution in [0.2, 0.25) is 0 Å². The van der Waals surface area contributed by atoms with Gasteiger partial charge in [-0.2, -0.15) is 0 Å². The van der Waals surface area contributed by atoms with Crippen molar-refractivity contribution in [3.63, 3.8) is 0 Å². The summed E-state index contributed by atoms with van der Waals surface area (Å²) in [4.78, 5) is 3.96. The van der Waals surface area contributed by atoms with Crippen molar-refractivity contribution >= 4 is 0 Å². The molecule has 0 saturated carbocycles. The number of benzene rings is 1. The molecule has 3 heteroatoms. The first-order valence-corrected chi connectivity index (χ1v) is 5.17. The van der Waals surface area contributed by atoms with Gasteiger partial charge in [0.05, 0.1) is 12.8 Å². The van der Waals surface area contributed by atoms with E-state index in [1.165, 1.54) is 6.20 Å². The third kappa shape index (κ3) is 2.14. The van der Waals surface area contributed by atoms with E-state index in [4.69, 9.17) is 4.74 Å². The highest BCUT2D eigenvalue weighted by Gasteiger charge is 2.05. The van der Waals surface area contributed by atoms with E-state index in [0.717, 1.165) is 16.9 Å². The average molecular weight is 215 g/mol. The van der Waals surface area contributed by atoms with E-state index in [-0.39, 0.29) is 5.75 Å². The van der Waals surface area contributed by atoms with E-state index in [0.29, 0.717) is 6.61 Å². The zero-order valence-electron chi connectivity index (χ0n) is 9.05. The number of ether oxygens (including phenoxy) is 1. The van der Waals surface area contributed by atoms with E-state index in [1.807, 2.05) is 31.2 Å². The summed E-state index contributed by atoms with van der Waals surface area (Å²) < 4.78 is 5.52. The molecule has 0 aliphatic heterocycles. The van der Waals surface area contributed by atoms with Gasteiger partial charge in [0.1, 0.15) is 11.5 Å². The second-order valence-electron chi connectivity index (χ2n) is 3.36. The molecule has 1 heterocycles. The fourth-order valence-corrected chi connectivity index (χ4v) is 1.56. The molecular formula is C13H13NO2. The Morgan fingerprint density at radius 2 is 2.06 bits per heavy atom. The summed E-state index contributed by atoms with van der Waals surface area (Å²) in [5, 5.41) is 9.39. The van der Waals surface area contributed by atoms with Gasteiger partial charge in [-0.15, -0.1) is 0 Å². The SMILES string of the molecule is CCOc1ccccc1-c1cncc(O)c1. The van der Waals surface area contributed by atoms with E-state index in [9.17, 15) is 5.11 Å². The number of hydrogen-bond acceptors (Lipinski definition) is 3. The smallest absolute Gasteiger partial charge is 0.134 e. The second kappa shape index (κ2) is 4.66. The van der Waals surface area contributed by atoms with Gasteiger partial charge in [0.15, 0.2) is 0 Å². The van der Waals surface area contributed by atoms with Crippen LogP contribution in [0, 0.1) is 0 Å². The molecule has 1 N–H and O–H groups in total. The van der Waals surface area contributed by atoms with Gasteiger partial charge >= 0.3 is 0 Å². The van der Waals surface area contributed by atoms with Gasteiger partial charge in [-0.05, 0) is 19.1 Å². The maximum atomic E-state index is 9.39. The van der Waals surface area contributed by atoms with Crippen molar-refractivity contribution in [2.45, 2.75) is 6.92 Å². The Balaban J connectivity index is 2.46. The standard InChI is InChI=1S/C13H13NO2/c1-2-16-13-6-4-3-5-12(13)10-7-11(15)9-14-8-10/h3-9,15H,2H2,1H3. The number of aromatic hydroxyl groups is 1. The molecule has 0 aliphatic rings. The van der Waals surface area contributed by atoms with Crippen LogP contribution in [0.25, 0.3) is 11.1 Å². The Morgan fingerprint density at radius 1 is 1.25 bits per heavy atom. The lowest BCUT2D eigenvalue weighted by Crippen LogP contribution is -1.93. The van der Waals surface area contributed by atoms with Gasteiger partial charge in [0.2, 0.25) is 0 Å². The minimum Gasteiger partial charge on any atom is -0.506 e. The van der Waals surface area contributed by atoms with E-state index < -0.39 is 0 Å². The Labute approximate surface area is 94.3 Å². The van der Waals surface area contributed by atoms with Crippen LogP contribution < -0.4 is 4.74 Å². The van der Waals surface area contributed by atoms with Crippen molar-refractivity contribution in [3.8, 4) is 22.6 Å². The minimum absolute atomic E-state index is 0.156. The van der Waals surface area contributed by atoms with Crippen LogP contribution in [0.5, 0.6) is 11.5 Å². The van der Waals surface area contributed by atoms with E-state index >= 15 is 0 Å². The van der Waals surface area contributed by atoms with Crippen LogP contribution in [0.3, 0.4) is 0 Å². The van der Waals surface area contributed by atoms with Gasteiger partial charge in [-0.25, -0.2) is 0 Å². The maximum Gasteiger partial charge on any atom is 0.134 e. The second-order valence-corrected chi connectivity index (χ2v) is 3.36. The first-order chi connectivity index (χ1) is 7.81. The lowest BCUT2D eigenvalue weighted by molar-refractivity contribution is 0.341. The molecule has 0 spiro atoms. The van der Waals surface area contributed by atoms with Crippen molar-refractivity contribution in [2.24, 2.45) is 0 Å². The molecule has 0 fully saturated rings. The molecule has 0 saturated heterocycles. The zero-order chi connectivity index (χ0) is 11.4. The quantitative estimate of drug-likeness (QED) is 0.856. The minimum atomic E-state index is 0.156. The van der Waals surface area contributed by atoms with Crippen LogP contribution in [-0.4, -0.2) is 16.7 Å². The molecule has 1 aromatic heterocycles. The highest BCUT2D eigenvalue weighted by Crippen LogP contribution is 2.30. The maximum absolute atomic E-state index is 9.39. The molecule has 0 atom stereocenters. The van der Waals surface area contributed by atoms with Gasteiger partial charge in [0.25, 0.3) is 0 Å². The monoisotopic (exact) mass is 215 g/mol. The molecule has 0 amide bonds. The van der Waals surface area contributed by atoms with Crippen LogP contribution in [0.4, 0.5) is 0 Å². The van der Waals surface area contributed by atoms with E-state index in [2.05, 4.69) is 4.98 Å². The molecule has 0 radical (unpaired) electrons. The van der Waals surface area contributed by atoms with Gasteiger partial charge in [-0.1, -0.05) is 18.2 Å². The van der Waals surface area contributed by atoms with Crippen LogP contribution in [0.1, 0.15) is 6.92 Å². The first-order valence-electron chi connectivity index (χ1n) is 5.17. The summed E-state index contributed by atoms with van der Waals surface area (Å²) in [6, 6.07) is 9.38. The third-order valence-electron chi connectivity index (χ3n) is 2.22. The number of para-hydroxylation sites is 1. The number of pyridine rings is 1. The van der Waals surface area contributed by atoms with Crippen LogP contribution in [-0.2, 0) is 0 Å². The normalized spacial score (nSPS) is 10.1. The molecule has 0 unspecified atom stereocenters. The molecule has 2 aromatic rings. The molecule has 82 valence electrons. The van der Waals surface area contributed by atoms with Gasteiger partial charge < -0.3 is 9.84 Å². The molecule has 2 rings (SSSR count). The van der Waals surface area contributed by atoms with Crippen LogP contribution in [0.15, 0.2) is 42.7 Å². The summed E-state index contributed by atoms with van der Waals surface area (Å²) in [5.41, 5.74) is 1.79. The van der Waals surface area contributed by atoms with Crippen molar-refractivity contribution < 1.29 is 9.84 Å². The lowest BCUT2D eigenvalue weighted by Gasteiger charge is -2.09. The summed E-state index contributed by atoms with van der Waals surface area (Å²) >= 11 is 0. The summed E-state index contributed by atoms with van der Waals surface area (Å²) in [6.07, 6.45) is 3.12. The molecule has 16 heavy (non-hydrogen) atoms. The van der Waals surface area contributed by atoms with Crippen molar-refractivity contribution in [1.82, 2.24) is 4.98 Å². The largest absolute Gasteiger partial charge is 0.506 e. The van der Waals surface area contributed by atoms with E-state index in [1.54, 1.807) is 12.3 Å². The van der Waals surface area contributed by atoms with Gasteiger partial charge in [-0.3, -0.25) is 4.98 Å². The summed E-state index contributed by atoms with van der Waals surface area (Å²) in [5.74, 6) is 0.959. The first kappa shape index (κ1) is 10.5. The summed E-state index contributed by atoms with van der Waals surface area (Å²) in [6.45, 7) is 2.56. The summed E-state index contributed by atoms with van der Waals surface area (Å²) in [7, 11) is 0. The molecule has 0 bridgehead atoms. The number of aromatic nitrogens is 1. The number of rotatable bonds is 3. The predicted octanol–water partition coefficient (Wildman–Crippen LogP) is 2.85. The fraction of sp³-hybridized carbons (Fsp3) is 0.154. The third-order valence-corrected chi connectivity index (χ3v) is 2.22. The fourth-order valence-electron chi connectivity index (χ4n) is 1.56. The van der Waals surface area contributed by atoms with Crippen molar-refractivity contribution in [2.75, 3.05) is 6.61 Å². The predicted molar refractivity (Wildman–Crippen MR) is 62.5 cm³/mol. The van der Waals surface area contributed by atoms with Crippen LogP contribution >= 0.6 is 0 Å². The molecule has 3 nitrogen and oxygen atoms in total. The highest BCUT2D eigenvalue weighted by molar-refractivity contribution is 5.70. The molecule has 1 aromatic carbocycles. The van der Waals surface area contributed by atoms with Crippen molar-refractivity contribution in [3.05, 3.63) is 42.7 Å². The molecular weight excluding hydrogens is 202 g/mol. The number of hydrogen-bond donors (Lipinski definition) is 1. The molecule has 0 aliphatic carbocycles. The Kier molecular flexibility index (Phi) is 3.05. The highest BCUT2D eigenvalue weighted by atomic mass is 16.5. The Morgan fingerprint density at radius 3 is 2.81 bits per heavy atom. The van der Waals surface area contributed by atoms with Gasteiger partial charge in [0, 0.05) is 17.3 Å². The average Bonchev–Trinajstić information content (AvgIpc) is 2.30.